The predicted octanol–water partition coefficient (Wildman–Crippen LogP) is 7.00. The highest BCUT2D eigenvalue weighted by Crippen LogP contribution is 2.36. The summed E-state index contributed by atoms with van der Waals surface area (Å²) in [5, 5.41) is 12.2. The molecule has 0 aliphatic heterocycles. The van der Waals surface area contributed by atoms with Gasteiger partial charge < -0.3 is 5.32 Å². The number of nitrogens with zero attached hydrogens (tertiary/aromatic N) is 6. The first kappa shape index (κ1) is 23.9. The molecule has 2 aromatic carbocycles. The summed E-state index contributed by atoms with van der Waals surface area (Å²) in [6.45, 7) is 2.05. The first-order valence-corrected chi connectivity index (χ1v) is 11.5. The van der Waals surface area contributed by atoms with Gasteiger partial charge in [-0.1, -0.05) is 42.5 Å². The summed E-state index contributed by atoms with van der Waals surface area (Å²) in [7, 11) is 0. The Labute approximate surface area is 210 Å². The number of diazo groups is 1. The van der Waals surface area contributed by atoms with Gasteiger partial charge in [0.05, 0.1) is 28.7 Å². The average molecular weight is 501 g/mol. The van der Waals surface area contributed by atoms with E-state index in [1.54, 1.807) is 41.1 Å². The summed E-state index contributed by atoms with van der Waals surface area (Å²) in [5.74, 6) is 0.370. The molecule has 0 aliphatic rings. The Balaban J connectivity index is 1.63. The van der Waals surface area contributed by atoms with E-state index >= 15 is 0 Å². The number of imidazole rings is 1. The van der Waals surface area contributed by atoms with Gasteiger partial charge in [-0.3, -0.25) is 4.40 Å². The van der Waals surface area contributed by atoms with E-state index < -0.39 is 11.7 Å². The van der Waals surface area contributed by atoms with Crippen LogP contribution < -0.4 is 5.32 Å². The number of benzene rings is 2. The van der Waals surface area contributed by atoms with Crippen LogP contribution in [0.25, 0.3) is 33.3 Å². The number of nitrogens with one attached hydrogen (secondary N) is 1. The van der Waals surface area contributed by atoms with E-state index in [0.717, 1.165) is 17.7 Å². The Bertz CT molecular complexity index is 1600. The van der Waals surface area contributed by atoms with Gasteiger partial charge in [-0.15, -0.1) is 0 Å². The molecule has 0 aliphatic carbocycles. The Morgan fingerprint density at radius 1 is 1.00 bits per heavy atom. The zero-order valence-corrected chi connectivity index (χ0v) is 19.7. The van der Waals surface area contributed by atoms with E-state index in [2.05, 4.69) is 25.2 Å². The lowest BCUT2D eigenvalue weighted by Crippen LogP contribution is -2.09. The van der Waals surface area contributed by atoms with Crippen molar-refractivity contribution < 1.29 is 13.2 Å². The number of aromatic nitrogens is 4. The minimum atomic E-state index is -4.50. The van der Waals surface area contributed by atoms with E-state index in [1.807, 2.05) is 37.3 Å². The van der Waals surface area contributed by atoms with Crippen molar-refractivity contribution in [3.63, 3.8) is 0 Å². The first-order chi connectivity index (χ1) is 17.8. The molecule has 3 aromatic heterocycles. The third-order valence-corrected chi connectivity index (χ3v) is 5.95. The molecule has 1 N–H and O–H groups in total. The zero-order valence-electron chi connectivity index (χ0n) is 19.7. The Morgan fingerprint density at radius 2 is 1.81 bits per heavy atom. The van der Waals surface area contributed by atoms with Crippen molar-refractivity contribution in [2.24, 2.45) is 0 Å². The lowest BCUT2D eigenvalue weighted by atomic mass is 10.0. The van der Waals surface area contributed by atoms with Crippen LogP contribution in [0.5, 0.6) is 0 Å². The van der Waals surface area contributed by atoms with Crippen LogP contribution in [0.2, 0.25) is 0 Å². The average Bonchev–Trinajstić information content (AvgIpc) is 3.28. The molecule has 5 rings (SSSR count). The molecular weight excluding hydrogens is 479 g/mol. The lowest BCUT2D eigenvalue weighted by Gasteiger charge is -2.15. The number of pyridine rings is 1. The maximum absolute atomic E-state index is 13.5. The molecule has 0 radical (unpaired) electrons. The molecule has 37 heavy (non-hydrogen) atoms. The molecule has 7 nitrogen and oxygen atoms in total. The van der Waals surface area contributed by atoms with E-state index in [4.69, 9.17) is 5.39 Å². The smallest absolute Gasteiger partial charge is 0.348 e. The fourth-order valence-electron chi connectivity index (χ4n) is 4.13. The van der Waals surface area contributed by atoms with Crippen LogP contribution in [0.3, 0.4) is 0 Å². The highest BCUT2D eigenvalue weighted by molar-refractivity contribution is 5.81. The fourth-order valence-corrected chi connectivity index (χ4v) is 4.13. The van der Waals surface area contributed by atoms with Crippen molar-refractivity contribution in [1.82, 2.24) is 19.4 Å². The highest BCUT2D eigenvalue weighted by Gasteiger charge is 2.31. The van der Waals surface area contributed by atoms with Crippen LogP contribution in [0.15, 0.2) is 85.2 Å². The van der Waals surface area contributed by atoms with Crippen LogP contribution >= 0.6 is 0 Å². The third-order valence-electron chi connectivity index (χ3n) is 5.95. The summed E-state index contributed by atoms with van der Waals surface area (Å²) in [5.41, 5.74) is 3.10. The molecule has 10 heteroatoms. The van der Waals surface area contributed by atoms with Gasteiger partial charge in [-0.2, -0.15) is 13.2 Å². The molecule has 0 fully saturated rings. The molecule has 0 spiro atoms. The van der Waals surface area contributed by atoms with Gasteiger partial charge in [0.2, 0.25) is 11.3 Å². The third kappa shape index (κ3) is 4.97. The molecule has 1 atom stereocenters. The van der Waals surface area contributed by atoms with E-state index in [-0.39, 0.29) is 12.6 Å². The van der Waals surface area contributed by atoms with Crippen molar-refractivity contribution in [2.75, 3.05) is 5.32 Å². The molecule has 3 heterocycles. The zero-order chi connectivity index (χ0) is 26.0. The van der Waals surface area contributed by atoms with Crippen LogP contribution in [0.4, 0.5) is 19.1 Å². The summed E-state index contributed by atoms with van der Waals surface area (Å²) >= 11 is 0. The van der Waals surface area contributed by atoms with Gasteiger partial charge in [0.1, 0.15) is 10.6 Å². The fraction of sp³-hybridized carbons (Fsp3) is 0.148. The van der Waals surface area contributed by atoms with Crippen molar-refractivity contribution >= 4 is 11.6 Å². The molecule has 184 valence electrons. The number of alkyl halides is 3. The number of fused-ring (bicyclic) bond motifs is 1. The molecule has 0 saturated heterocycles. The van der Waals surface area contributed by atoms with Gasteiger partial charge in [0.25, 0.3) is 0 Å². The molecular formula is C27H21F3N7+. The summed E-state index contributed by atoms with van der Waals surface area (Å²) in [6, 6.07) is 20.0. The highest BCUT2D eigenvalue weighted by atomic mass is 19.4. The Kier molecular flexibility index (Phi) is 6.27. The second kappa shape index (κ2) is 9.70. The van der Waals surface area contributed by atoms with Crippen molar-refractivity contribution in [1.29, 1.82) is 5.39 Å². The second-order valence-corrected chi connectivity index (χ2v) is 8.49. The first-order valence-electron chi connectivity index (χ1n) is 11.5. The van der Waals surface area contributed by atoms with E-state index in [1.165, 1.54) is 6.07 Å². The number of rotatable bonds is 6. The summed E-state index contributed by atoms with van der Waals surface area (Å²) < 4.78 is 42.2. The molecule has 5 aromatic rings. The Hall–Kier alpha value is -4.78. The SMILES string of the molecule is C[C@H](Nc1nccc(-c2c(-c3cccc(C(F)(F)F)c3)nc3cc(C[N+]#N)ccn23)n1)c1ccccc1. The van der Waals surface area contributed by atoms with E-state index in [0.29, 0.717) is 39.8 Å². The molecule has 0 amide bonds. The number of hydrogen-bond donors (Lipinski definition) is 1. The quantitative estimate of drug-likeness (QED) is 0.254. The standard InChI is InChI=1S/C27H21F3N7/c1-17(19-6-3-2-4-7-19)34-26-32-12-10-22(35-26)25-24(20-8-5-9-21(15-20)27(28,29)30)36-23-14-18(16-33-31)11-13-37(23)25/h2-15,17H,16H2,1H3,(H,32,34,35)/q+1/t17-/m0/s1. The van der Waals surface area contributed by atoms with Gasteiger partial charge in [-0.05, 0) is 42.8 Å². The maximum Gasteiger partial charge on any atom is 0.416 e. The largest absolute Gasteiger partial charge is 0.416 e. The molecule has 0 unspecified atom stereocenters. The summed E-state index contributed by atoms with van der Waals surface area (Å²) in [4.78, 5) is 16.8. The predicted molar refractivity (Wildman–Crippen MR) is 134 cm³/mol. The van der Waals surface area contributed by atoms with Gasteiger partial charge >= 0.3 is 12.7 Å². The van der Waals surface area contributed by atoms with Crippen LogP contribution in [0, 0.1) is 5.39 Å². The van der Waals surface area contributed by atoms with Gasteiger partial charge in [0, 0.05) is 23.5 Å². The number of hydrogen-bond acceptors (Lipinski definition) is 5. The van der Waals surface area contributed by atoms with Crippen LogP contribution in [-0.4, -0.2) is 19.4 Å². The molecule has 0 bridgehead atoms. The summed E-state index contributed by atoms with van der Waals surface area (Å²) in [6.07, 6.45) is -1.17. The van der Waals surface area contributed by atoms with E-state index in [9.17, 15) is 13.2 Å². The van der Waals surface area contributed by atoms with Gasteiger partial charge in [-0.25, -0.2) is 15.0 Å². The van der Waals surface area contributed by atoms with Crippen molar-refractivity contribution in [3.8, 4) is 22.6 Å². The Morgan fingerprint density at radius 3 is 2.57 bits per heavy atom. The number of halogens is 3. The maximum atomic E-state index is 13.5. The number of anilines is 1. The van der Waals surface area contributed by atoms with Crippen LogP contribution in [-0.2, 0) is 12.7 Å². The monoisotopic (exact) mass is 500 g/mol. The minimum Gasteiger partial charge on any atom is -0.348 e. The lowest BCUT2D eigenvalue weighted by molar-refractivity contribution is -0.137. The van der Waals surface area contributed by atoms with Crippen molar-refractivity contribution in [2.45, 2.75) is 25.7 Å². The van der Waals surface area contributed by atoms with Crippen molar-refractivity contribution in [3.05, 3.63) is 107 Å². The minimum absolute atomic E-state index is 0.0660. The molecule has 0 saturated carbocycles. The topological polar surface area (TPSA) is 83.3 Å². The van der Waals surface area contributed by atoms with Gasteiger partial charge in [0.15, 0.2) is 0 Å². The van der Waals surface area contributed by atoms with Crippen LogP contribution in [0.1, 0.15) is 29.7 Å². The normalized spacial score (nSPS) is 12.3. The second-order valence-electron chi connectivity index (χ2n) is 8.49.